The molecule has 1 fully saturated rings. The highest BCUT2D eigenvalue weighted by molar-refractivity contribution is 14.1. The fourth-order valence-corrected chi connectivity index (χ4v) is 4.94. The Morgan fingerprint density at radius 1 is 1.08 bits per heavy atom. The van der Waals surface area contributed by atoms with Crippen molar-refractivity contribution >= 4 is 56.7 Å². The number of hydrogen-bond acceptors (Lipinski definition) is 5. The zero-order valence-electron chi connectivity index (χ0n) is 20.8. The van der Waals surface area contributed by atoms with Crippen LogP contribution in [-0.4, -0.2) is 26.8 Å². The molecule has 1 saturated carbocycles. The molecule has 4 aromatic rings. The number of carbonyl (C=O) groups is 1. The summed E-state index contributed by atoms with van der Waals surface area (Å²) in [4.78, 5) is 52.9. The lowest BCUT2D eigenvalue weighted by molar-refractivity contribution is 0.254. The molecule has 1 aliphatic carbocycles. The molecule has 38 heavy (non-hydrogen) atoms. The van der Waals surface area contributed by atoms with Crippen LogP contribution in [0.5, 0.6) is 0 Å². The van der Waals surface area contributed by atoms with Crippen LogP contribution in [0.15, 0.2) is 56.8 Å². The molecule has 2 heterocycles. The molecule has 0 saturated heterocycles. The predicted molar refractivity (Wildman–Crippen MR) is 153 cm³/mol. The summed E-state index contributed by atoms with van der Waals surface area (Å²) in [5.41, 5.74) is -0.471. The van der Waals surface area contributed by atoms with E-state index in [2.05, 4.69) is 16.0 Å². The fraction of sp³-hybridized carbons (Fsp3) is 0.231. The van der Waals surface area contributed by atoms with Crippen molar-refractivity contribution in [2.75, 3.05) is 17.7 Å². The van der Waals surface area contributed by atoms with Crippen LogP contribution in [0.4, 0.5) is 26.4 Å². The normalized spacial score (nSPS) is 13.0. The molecule has 0 radical (unpaired) electrons. The summed E-state index contributed by atoms with van der Waals surface area (Å²) < 4.78 is 19.3. The minimum absolute atomic E-state index is 0.0727. The topological polar surface area (TPSA) is 119 Å². The van der Waals surface area contributed by atoms with Gasteiger partial charge in [-0.1, -0.05) is 6.07 Å². The van der Waals surface area contributed by atoms with Gasteiger partial charge in [0.2, 0.25) is 0 Å². The first-order chi connectivity index (χ1) is 18.1. The molecule has 0 unspecified atom stereocenters. The van der Waals surface area contributed by atoms with Gasteiger partial charge in [0.1, 0.15) is 17.0 Å². The second-order valence-electron chi connectivity index (χ2n) is 9.09. The molecule has 12 heteroatoms. The average molecular weight is 630 g/mol. The first kappa shape index (κ1) is 25.7. The van der Waals surface area contributed by atoms with E-state index in [0.29, 0.717) is 27.8 Å². The van der Waals surface area contributed by atoms with E-state index < -0.39 is 28.7 Å². The maximum Gasteiger partial charge on any atom is 0.336 e. The number of amides is 2. The largest absolute Gasteiger partial charge is 0.341 e. The molecular weight excluding hydrogens is 606 g/mol. The number of nitrogens with one attached hydrogen (secondary N) is 3. The lowest BCUT2D eigenvalue weighted by Crippen LogP contribution is -2.41. The molecule has 10 nitrogen and oxygen atoms in total. The van der Waals surface area contributed by atoms with Crippen molar-refractivity contribution in [3.8, 4) is 5.69 Å². The molecule has 0 bridgehead atoms. The lowest BCUT2D eigenvalue weighted by atomic mass is 10.1. The van der Waals surface area contributed by atoms with Crippen LogP contribution in [0.2, 0.25) is 0 Å². The monoisotopic (exact) mass is 630 g/mol. The number of aryl methyl sites for hydroxylation is 1. The van der Waals surface area contributed by atoms with Crippen LogP contribution in [0, 0.1) is 16.3 Å². The van der Waals surface area contributed by atoms with E-state index in [-0.39, 0.29) is 34.0 Å². The number of carbonyl (C=O) groups excluding carboxylic acids is 1. The summed E-state index contributed by atoms with van der Waals surface area (Å²) in [6.07, 6.45) is 1.33. The van der Waals surface area contributed by atoms with Gasteiger partial charge in [-0.2, -0.15) is 0 Å². The third-order valence-electron chi connectivity index (χ3n) is 6.53. The first-order valence-electron chi connectivity index (χ1n) is 11.8. The second-order valence-corrected chi connectivity index (χ2v) is 10.3. The van der Waals surface area contributed by atoms with Gasteiger partial charge in [0, 0.05) is 35.0 Å². The van der Waals surface area contributed by atoms with Gasteiger partial charge in [-0.25, -0.2) is 14.0 Å². The first-order valence-corrected chi connectivity index (χ1v) is 12.9. The van der Waals surface area contributed by atoms with Crippen molar-refractivity contribution in [2.24, 2.45) is 7.05 Å². The van der Waals surface area contributed by atoms with E-state index in [4.69, 9.17) is 0 Å². The number of halogens is 2. The van der Waals surface area contributed by atoms with Gasteiger partial charge in [0.15, 0.2) is 0 Å². The highest BCUT2D eigenvalue weighted by atomic mass is 127. The van der Waals surface area contributed by atoms with Crippen LogP contribution in [0.3, 0.4) is 0 Å². The van der Waals surface area contributed by atoms with Gasteiger partial charge < -0.3 is 16.0 Å². The highest BCUT2D eigenvalue weighted by Crippen LogP contribution is 2.34. The molecule has 2 aromatic heterocycles. The fourth-order valence-electron chi connectivity index (χ4n) is 4.49. The van der Waals surface area contributed by atoms with Crippen molar-refractivity contribution in [3.05, 3.63) is 88.6 Å². The molecule has 3 N–H and O–H groups in total. The summed E-state index contributed by atoms with van der Waals surface area (Å²) in [7, 11) is 2.97. The minimum atomic E-state index is -0.593. The SMILES string of the molecule is CNC(=O)Nc1cccc(-n2c(=O)n(C3CC3)c(=O)c3c(Nc4ccc(I)cc4F)n(C)c(=O)c(C)c32)c1. The van der Waals surface area contributed by atoms with E-state index >= 15 is 0 Å². The van der Waals surface area contributed by atoms with Crippen molar-refractivity contribution in [2.45, 2.75) is 25.8 Å². The van der Waals surface area contributed by atoms with Crippen LogP contribution >= 0.6 is 22.6 Å². The molecule has 2 aromatic carbocycles. The molecule has 0 aliphatic heterocycles. The summed E-state index contributed by atoms with van der Waals surface area (Å²) in [5.74, 6) is -0.481. The Hall–Kier alpha value is -3.94. The highest BCUT2D eigenvalue weighted by Gasteiger charge is 2.31. The summed E-state index contributed by atoms with van der Waals surface area (Å²) in [6, 6.07) is 10.4. The molecule has 1 aliphatic rings. The van der Waals surface area contributed by atoms with Crippen molar-refractivity contribution in [3.63, 3.8) is 0 Å². The number of pyridine rings is 1. The van der Waals surface area contributed by atoms with Crippen molar-refractivity contribution < 1.29 is 9.18 Å². The predicted octanol–water partition coefficient (Wildman–Crippen LogP) is 3.73. The van der Waals surface area contributed by atoms with Crippen LogP contribution in [0.25, 0.3) is 16.6 Å². The Kier molecular flexibility index (Phi) is 6.59. The van der Waals surface area contributed by atoms with Crippen molar-refractivity contribution in [1.29, 1.82) is 0 Å². The van der Waals surface area contributed by atoms with E-state index in [9.17, 15) is 23.6 Å². The summed E-state index contributed by atoms with van der Waals surface area (Å²) >= 11 is 1.99. The summed E-state index contributed by atoms with van der Waals surface area (Å²) in [5, 5.41) is 8.16. The number of hydrogen-bond donors (Lipinski definition) is 3. The molecule has 2 amide bonds. The van der Waals surface area contributed by atoms with Gasteiger partial charge in [-0.3, -0.25) is 23.3 Å². The quantitative estimate of drug-likeness (QED) is 0.291. The third-order valence-corrected chi connectivity index (χ3v) is 7.20. The third kappa shape index (κ3) is 4.38. The second kappa shape index (κ2) is 9.74. The Labute approximate surface area is 229 Å². The Bertz CT molecular complexity index is 1810. The number of rotatable bonds is 5. The van der Waals surface area contributed by atoms with Crippen LogP contribution < -0.4 is 32.8 Å². The minimum Gasteiger partial charge on any atom is -0.341 e. The zero-order chi connectivity index (χ0) is 27.3. The Morgan fingerprint density at radius 2 is 1.82 bits per heavy atom. The van der Waals surface area contributed by atoms with Gasteiger partial charge in [-0.05, 0) is 78.8 Å². The standard InChI is InChI=1S/C26H24FIN6O4/c1-13-21-20(22(32(3)23(13)35)31-19-10-7-14(28)11-18(19)27)24(36)34(16-8-9-16)26(38)33(21)17-6-4-5-15(12-17)30-25(37)29-2/h4-7,10-12,16,31H,8-9H2,1-3H3,(H2,29,30,37). The summed E-state index contributed by atoms with van der Waals surface area (Å²) in [6.45, 7) is 1.55. The van der Waals surface area contributed by atoms with Crippen LogP contribution in [0.1, 0.15) is 24.4 Å². The number of aromatic nitrogens is 3. The molecular formula is C26H24FIN6O4. The van der Waals surface area contributed by atoms with Gasteiger partial charge in [0.05, 0.1) is 16.9 Å². The molecule has 0 spiro atoms. The smallest absolute Gasteiger partial charge is 0.336 e. The number of anilines is 3. The maximum absolute atomic E-state index is 14.8. The Balaban J connectivity index is 1.88. The number of benzene rings is 2. The van der Waals surface area contributed by atoms with E-state index in [0.717, 1.165) is 0 Å². The van der Waals surface area contributed by atoms with Crippen molar-refractivity contribution in [1.82, 2.24) is 19.0 Å². The number of urea groups is 1. The van der Waals surface area contributed by atoms with Gasteiger partial charge in [0.25, 0.3) is 11.1 Å². The Morgan fingerprint density at radius 3 is 2.47 bits per heavy atom. The van der Waals surface area contributed by atoms with E-state index in [1.165, 1.54) is 39.9 Å². The van der Waals surface area contributed by atoms with Gasteiger partial charge in [-0.15, -0.1) is 0 Å². The van der Waals surface area contributed by atoms with E-state index in [1.54, 1.807) is 37.3 Å². The van der Waals surface area contributed by atoms with Gasteiger partial charge >= 0.3 is 11.7 Å². The number of fused-ring (bicyclic) bond motifs is 1. The zero-order valence-corrected chi connectivity index (χ0v) is 22.9. The lowest BCUT2D eigenvalue weighted by Gasteiger charge is -2.21. The molecule has 5 rings (SSSR count). The average Bonchev–Trinajstić information content (AvgIpc) is 3.72. The maximum atomic E-state index is 14.8. The molecule has 196 valence electrons. The number of nitrogens with zero attached hydrogens (tertiary/aromatic N) is 3. The van der Waals surface area contributed by atoms with E-state index in [1.807, 2.05) is 22.6 Å². The van der Waals surface area contributed by atoms with Crippen LogP contribution in [-0.2, 0) is 7.05 Å². The molecule has 0 atom stereocenters.